The van der Waals surface area contributed by atoms with E-state index >= 15 is 0 Å². The summed E-state index contributed by atoms with van der Waals surface area (Å²) in [7, 11) is 1.71. The summed E-state index contributed by atoms with van der Waals surface area (Å²) in [5.41, 5.74) is 2.55. The number of aryl methyl sites for hydroxylation is 2. The SMILES string of the molecule is CC[C@H](C)n1c(C)c(C)n2c3c(=O)n(CCN4CCCCC4)c(=O)n(C)c3nc12. The quantitative estimate of drug-likeness (QED) is 0.659. The van der Waals surface area contributed by atoms with Crippen LogP contribution in [0.3, 0.4) is 0 Å². The molecule has 4 rings (SSSR count). The summed E-state index contributed by atoms with van der Waals surface area (Å²) >= 11 is 0. The molecule has 158 valence electrons. The maximum Gasteiger partial charge on any atom is 0.332 e. The van der Waals surface area contributed by atoms with Crippen molar-refractivity contribution in [1.82, 2.24) is 28.0 Å². The van der Waals surface area contributed by atoms with Crippen molar-refractivity contribution in [2.75, 3.05) is 19.6 Å². The minimum Gasteiger partial charge on any atom is -0.311 e. The lowest BCUT2D eigenvalue weighted by Crippen LogP contribution is -2.43. The fraction of sp³-hybridized carbons (Fsp3) is 0.667. The van der Waals surface area contributed by atoms with Gasteiger partial charge in [-0.2, -0.15) is 4.98 Å². The van der Waals surface area contributed by atoms with Gasteiger partial charge in [0.25, 0.3) is 5.56 Å². The molecule has 1 aliphatic heterocycles. The molecule has 0 aliphatic carbocycles. The fourth-order valence-corrected chi connectivity index (χ4v) is 4.61. The van der Waals surface area contributed by atoms with Gasteiger partial charge in [0, 0.05) is 37.6 Å². The molecule has 0 spiro atoms. The van der Waals surface area contributed by atoms with Crippen molar-refractivity contribution in [2.45, 2.75) is 66.0 Å². The molecule has 3 aromatic heterocycles. The largest absolute Gasteiger partial charge is 0.332 e. The monoisotopic (exact) mass is 400 g/mol. The number of hydrogen-bond donors (Lipinski definition) is 0. The maximum absolute atomic E-state index is 13.4. The van der Waals surface area contributed by atoms with E-state index in [1.165, 1.54) is 28.4 Å². The molecule has 0 aromatic carbocycles. The van der Waals surface area contributed by atoms with Gasteiger partial charge in [0.1, 0.15) is 0 Å². The topological polar surface area (TPSA) is 69.5 Å². The second-order valence-electron chi connectivity index (χ2n) is 8.42. The number of fused-ring (bicyclic) bond motifs is 3. The van der Waals surface area contributed by atoms with Gasteiger partial charge in [0.2, 0.25) is 5.78 Å². The van der Waals surface area contributed by atoms with E-state index < -0.39 is 0 Å². The van der Waals surface area contributed by atoms with Crippen LogP contribution in [0.1, 0.15) is 57.0 Å². The number of piperidine rings is 1. The highest BCUT2D eigenvalue weighted by Crippen LogP contribution is 2.25. The van der Waals surface area contributed by atoms with Crippen molar-refractivity contribution >= 4 is 16.9 Å². The van der Waals surface area contributed by atoms with Crippen molar-refractivity contribution in [3.63, 3.8) is 0 Å². The molecule has 1 aliphatic rings. The lowest BCUT2D eigenvalue weighted by atomic mass is 10.1. The molecule has 3 aromatic rings. The first kappa shape index (κ1) is 19.9. The van der Waals surface area contributed by atoms with E-state index in [4.69, 9.17) is 4.98 Å². The molecule has 0 N–H and O–H groups in total. The normalized spacial score (nSPS) is 16.9. The van der Waals surface area contributed by atoms with Crippen LogP contribution in [0.2, 0.25) is 0 Å². The van der Waals surface area contributed by atoms with E-state index in [0.717, 1.165) is 43.2 Å². The highest BCUT2D eigenvalue weighted by Gasteiger charge is 2.24. The smallest absolute Gasteiger partial charge is 0.311 e. The Hall–Kier alpha value is -2.35. The average Bonchev–Trinajstić information content (AvgIpc) is 3.22. The van der Waals surface area contributed by atoms with Crippen LogP contribution in [0.5, 0.6) is 0 Å². The van der Waals surface area contributed by atoms with Gasteiger partial charge in [-0.15, -0.1) is 0 Å². The maximum atomic E-state index is 13.4. The average molecular weight is 401 g/mol. The van der Waals surface area contributed by atoms with Gasteiger partial charge in [-0.1, -0.05) is 13.3 Å². The molecule has 0 bridgehead atoms. The highest BCUT2D eigenvalue weighted by molar-refractivity contribution is 5.76. The molecule has 0 radical (unpaired) electrons. The van der Waals surface area contributed by atoms with E-state index in [1.54, 1.807) is 7.05 Å². The Labute approximate surface area is 170 Å². The number of nitrogens with zero attached hydrogens (tertiary/aromatic N) is 6. The van der Waals surface area contributed by atoms with E-state index in [2.05, 4.69) is 30.2 Å². The van der Waals surface area contributed by atoms with Crippen LogP contribution in [0.4, 0.5) is 0 Å². The van der Waals surface area contributed by atoms with E-state index in [9.17, 15) is 9.59 Å². The zero-order valence-corrected chi connectivity index (χ0v) is 18.2. The third-order valence-corrected chi connectivity index (χ3v) is 6.68. The summed E-state index contributed by atoms with van der Waals surface area (Å²) in [6, 6.07) is 0.265. The summed E-state index contributed by atoms with van der Waals surface area (Å²) in [5.74, 6) is 0.741. The number of imidazole rings is 2. The van der Waals surface area contributed by atoms with Crippen LogP contribution in [0.15, 0.2) is 9.59 Å². The van der Waals surface area contributed by atoms with Gasteiger partial charge < -0.3 is 9.47 Å². The Morgan fingerprint density at radius 2 is 1.72 bits per heavy atom. The first-order valence-corrected chi connectivity index (χ1v) is 10.8. The molecule has 1 atom stereocenters. The summed E-state index contributed by atoms with van der Waals surface area (Å²) in [5, 5.41) is 0. The van der Waals surface area contributed by atoms with Crippen LogP contribution in [-0.4, -0.2) is 47.6 Å². The standard InChI is InChI=1S/C21H32N6O2/c1-6-14(2)26-15(3)16(4)27-17-18(22-20(26)27)23(5)21(29)25(19(17)28)13-12-24-10-8-7-9-11-24/h14H,6-13H2,1-5H3/t14-/m0/s1. The predicted octanol–water partition coefficient (Wildman–Crippen LogP) is 2.22. The minimum absolute atomic E-state index is 0.239. The second-order valence-corrected chi connectivity index (χ2v) is 8.42. The van der Waals surface area contributed by atoms with Crippen molar-refractivity contribution in [3.05, 3.63) is 32.2 Å². The molecule has 1 saturated heterocycles. The summed E-state index contributed by atoms with van der Waals surface area (Å²) in [6.45, 7) is 11.6. The third-order valence-electron chi connectivity index (χ3n) is 6.68. The van der Waals surface area contributed by atoms with Crippen LogP contribution < -0.4 is 11.2 Å². The Morgan fingerprint density at radius 3 is 2.38 bits per heavy atom. The third kappa shape index (κ3) is 3.04. The van der Waals surface area contributed by atoms with Crippen molar-refractivity contribution in [2.24, 2.45) is 7.05 Å². The van der Waals surface area contributed by atoms with Crippen LogP contribution in [-0.2, 0) is 13.6 Å². The molecule has 29 heavy (non-hydrogen) atoms. The van der Waals surface area contributed by atoms with Crippen LogP contribution in [0.25, 0.3) is 16.9 Å². The molecule has 1 fully saturated rings. The number of aromatic nitrogens is 5. The molecule has 0 unspecified atom stereocenters. The number of likely N-dealkylation sites (tertiary alicyclic amines) is 1. The van der Waals surface area contributed by atoms with Gasteiger partial charge in [-0.3, -0.25) is 18.3 Å². The van der Waals surface area contributed by atoms with Crippen molar-refractivity contribution < 1.29 is 0 Å². The lowest BCUT2D eigenvalue weighted by molar-refractivity contribution is 0.218. The second kappa shape index (κ2) is 7.48. The predicted molar refractivity (Wildman–Crippen MR) is 115 cm³/mol. The van der Waals surface area contributed by atoms with Crippen molar-refractivity contribution in [3.8, 4) is 0 Å². The molecule has 4 heterocycles. The highest BCUT2D eigenvalue weighted by atomic mass is 16.2. The summed E-state index contributed by atoms with van der Waals surface area (Å²) in [4.78, 5) is 33.5. The first-order chi connectivity index (χ1) is 13.9. The molecule has 0 amide bonds. The Kier molecular flexibility index (Phi) is 5.14. The Bertz CT molecular complexity index is 1170. The molecular formula is C21H32N6O2. The van der Waals surface area contributed by atoms with Crippen LogP contribution >= 0.6 is 0 Å². The fourth-order valence-electron chi connectivity index (χ4n) is 4.61. The first-order valence-electron chi connectivity index (χ1n) is 10.8. The Balaban J connectivity index is 1.90. The van der Waals surface area contributed by atoms with Gasteiger partial charge in [-0.25, -0.2) is 4.79 Å². The summed E-state index contributed by atoms with van der Waals surface area (Å²) < 4.78 is 7.03. The Morgan fingerprint density at radius 1 is 1.03 bits per heavy atom. The molecule has 8 nitrogen and oxygen atoms in total. The van der Waals surface area contributed by atoms with Crippen molar-refractivity contribution in [1.29, 1.82) is 0 Å². The van der Waals surface area contributed by atoms with Gasteiger partial charge in [0.15, 0.2) is 11.2 Å². The van der Waals surface area contributed by atoms with E-state index in [0.29, 0.717) is 17.7 Å². The lowest BCUT2D eigenvalue weighted by Gasteiger charge is -2.26. The van der Waals surface area contributed by atoms with E-state index in [-0.39, 0.29) is 17.3 Å². The van der Waals surface area contributed by atoms with E-state index in [1.807, 2.05) is 11.3 Å². The number of hydrogen-bond acceptors (Lipinski definition) is 4. The number of rotatable bonds is 5. The van der Waals surface area contributed by atoms with Gasteiger partial charge in [-0.05, 0) is 53.1 Å². The minimum atomic E-state index is -0.287. The molecule has 0 saturated carbocycles. The van der Waals surface area contributed by atoms with Gasteiger partial charge in [0.05, 0.1) is 0 Å². The van der Waals surface area contributed by atoms with Crippen LogP contribution in [0, 0.1) is 13.8 Å². The zero-order chi connectivity index (χ0) is 20.9. The molecule has 8 heteroatoms. The van der Waals surface area contributed by atoms with Gasteiger partial charge >= 0.3 is 5.69 Å². The zero-order valence-electron chi connectivity index (χ0n) is 18.2. The summed E-state index contributed by atoms with van der Waals surface area (Å²) in [6.07, 6.45) is 4.62. The molecular weight excluding hydrogens is 368 g/mol.